The highest BCUT2D eigenvalue weighted by Crippen LogP contribution is 2.32. The second kappa shape index (κ2) is 9.01. The Hall–Kier alpha value is -3.00. The molecule has 5 rings (SSSR count). The predicted molar refractivity (Wildman–Crippen MR) is 121 cm³/mol. The van der Waals surface area contributed by atoms with Crippen molar-refractivity contribution in [3.63, 3.8) is 0 Å². The van der Waals surface area contributed by atoms with E-state index in [1.54, 1.807) is 17.1 Å². The van der Waals surface area contributed by atoms with E-state index in [1.165, 1.54) is 32.1 Å². The Morgan fingerprint density at radius 3 is 2.90 bits per heavy atom. The van der Waals surface area contributed by atoms with Gasteiger partial charge in [-0.1, -0.05) is 11.6 Å². The number of piperidine rings is 1. The zero-order valence-electron chi connectivity index (χ0n) is 17.8. The number of carbonyl (C=O) groups is 1. The SMILES string of the molecule is O=C(Nc1ccc(N2CCCC2)c2ncccc12)c1cn(CCC2CCCCN2)nn1. The number of hydrogen-bond acceptors (Lipinski definition) is 6. The molecule has 2 saturated heterocycles. The number of rotatable bonds is 6. The van der Waals surface area contributed by atoms with Crippen LogP contribution in [0.2, 0.25) is 0 Å². The van der Waals surface area contributed by atoms with Crippen LogP contribution in [0.4, 0.5) is 11.4 Å². The van der Waals surface area contributed by atoms with Crippen molar-refractivity contribution in [2.75, 3.05) is 29.9 Å². The first-order valence-electron chi connectivity index (χ1n) is 11.4. The molecule has 2 aliphatic rings. The Labute approximate surface area is 182 Å². The Balaban J connectivity index is 1.29. The first kappa shape index (κ1) is 19.9. The number of amides is 1. The smallest absolute Gasteiger partial charge is 0.277 e. The summed E-state index contributed by atoms with van der Waals surface area (Å²) >= 11 is 0. The third-order valence-electron chi connectivity index (χ3n) is 6.33. The van der Waals surface area contributed by atoms with Crippen LogP contribution in [0.1, 0.15) is 49.0 Å². The molecule has 8 heteroatoms. The third kappa shape index (κ3) is 4.39. The predicted octanol–water partition coefficient (Wildman–Crippen LogP) is 3.21. The minimum atomic E-state index is -0.249. The van der Waals surface area contributed by atoms with Crippen molar-refractivity contribution >= 4 is 28.2 Å². The van der Waals surface area contributed by atoms with Gasteiger partial charge in [0.15, 0.2) is 5.69 Å². The van der Waals surface area contributed by atoms with Gasteiger partial charge in [0.25, 0.3) is 5.91 Å². The molecule has 2 aromatic heterocycles. The van der Waals surface area contributed by atoms with Gasteiger partial charge in [0.2, 0.25) is 0 Å². The van der Waals surface area contributed by atoms with Crippen LogP contribution >= 0.6 is 0 Å². The summed E-state index contributed by atoms with van der Waals surface area (Å²) < 4.78 is 1.77. The molecule has 4 heterocycles. The lowest BCUT2D eigenvalue weighted by Crippen LogP contribution is -2.34. The van der Waals surface area contributed by atoms with E-state index in [-0.39, 0.29) is 5.91 Å². The van der Waals surface area contributed by atoms with Crippen LogP contribution in [0.3, 0.4) is 0 Å². The molecule has 0 spiro atoms. The Bertz CT molecular complexity index is 1050. The summed E-state index contributed by atoms with van der Waals surface area (Å²) in [7, 11) is 0. The van der Waals surface area contributed by atoms with Crippen LogP contribution in [0, 0.1) is 0 Å². The second-order valence-electron chi connectivity index (χ2n) is 8.48. The van der Waals surface area contributed by atoms with Crippen LogP contribution < -0.4 is 15.5 Å². The van der Waals surface area contributed by atoms with Crippen molar-refractivity contribution in [2.45, 2.75) is 51.1 Å². The molecule has 162 valence electrons. The summed E-state index contributed by atoms with van der Waals surface area (Å²) in [5, 5.41) is 15.7. The summed E-state index contributed by atoms with van der Waals surface area (Å²) in [6.07, 6.45) is 10.7. The number of fused-ring (bicyclic) bond motifs is 1. The molecule has 0 bridgehead atoms. The number of aromatic nitrogens is 4. The fourth-order valence-electron chi connectivity index (χ4n) is 4.64. The molecular formula is C23H29N7O. The first-order chi connectivity index (χ1) is 15.3. The third-order valence-corrected chi connectivity index (χ3v) is 6.33. The monoisotopic (exact) mass is 419 g/mol. The van der Waals surface area contributed by atoms with Gasteiger partial charge in [-0.15, -0.1) is 5.10 Å². The molecular weight excluding hydrogens is 390 g/mol. The number of benzene rings is 1. The fourth-order valence-corrected chi connectivity index (χ4v) is 4.64. The van der Waals surface area contributed by atoms with Crippen molar-refractivity contribution in [3.05, 3.63) is 42.4 Å². The molecule has 0 saturated carbocycles. The van der Waals surface area contributed by atoms with Gasteiger partial charge in [-0.25, -0.2) is 0 Å². The molecule has 0 aliphatic carbocycles. The van der Waals surface area contributed by atoms with Gasteiger partial charge in [0, 0.05) is 37.3 Å². The minimum Gasteiger partial charge on any atom is -0.370 e. The van der Waals surface area contributed by atoms with Gasteiger partial charge < -0.3 is 15.5 Å². The molecule has 2 N–H and O–H groups in total. The Kier molecular flexibility index (Phi) is 5.80. The highest BCUT2D eigenvalue weighted by molar-refractivity contribution is 6.09. The van der Waals surface area contributed by atoms with E-state index in [0.717, 1.165) is 54.9 Å². The van der Waals surface area contributed by atoms with E-state index < -0.39 is 0 Å². The van der Waals surface area contributed by atoms with E-state index in [2.05, 4.69) is 36.9 Å². The summed E-state index contributed by atoms with van der Waals surface area (Å²) in [6, 6.07) is 8.47. The highest BCUT2D eigenvalue weighted by atomic mass is 16.2. The zero-order valence-corrected chi connectivity index (χ0v) is 17.8. The number of pyridine rings is 1. The van der Waals surface area contributed by atoms with Crippen molar-refractivity contribution in [1.29, 1.82) is 0 Å². The van der Waals surface area contributed by atoms with Gasteiger partial charge in [0.1, 0.15) is 0 Å². The Morgan fingerprint density at radius 2 is 2.06 bits per heavy atom. The van der Waals surface area contributed by atoms with E-state index in [4.69, 9.17) is 0 Å². The number of carbonyl (C=O) groups excluding carboxylic acids is 1. The molecule has 8 nitrogen and oxygen atoms in total. The number of nitrogens with one attached hydrogen (secondary N) is 2. The minimum absolute atomic E-state index is 0.249. The van der Waals surface area contributed by atoms with E-state index >= 15 is 0 Å². The summed E-state index contributed by atoms with van der Waals surface area (Å²) in [6.45, 7) is 3.96. The van der Waals surface area contributed by atoms with Crippen LogP contribution in [-0.2, 0) is 6.54 Å². The van der Waals surface area contributed by atoms with E-state index in [0.29, 0.717) is 11.7 Å². The topological polar surface area (TPSA) is 88.0 Å². The average Bonchev–Trinajstić information content (AvgIpc) is 3.51. The quantitative estimate of drug-likeness (QED) is 0.638. The maximum Gasteiger partial charge on any atom is 0.277 e. The van der Waals surface area contributed by atoms with Crippen molar-refractivity contribution in [3.8, 4) is 0 Å². The summed E-state index contributed by atoms with van der Waals surface area (Å²) in [5.74, 6) is -0.249. The van der Waals surface area contributed by atoms with Crippen molar-refractivity contribution in [2.24, 2.45) is 0 Å². The van der Waals surface area contributed by atoms with Crippen LogP contribution in [0.15, 0.2) is 36.7 Å². The number of hydrogen-bond donors (Lipinski definition) is 2. The highest BCUT2D eigenvalue weighted by Gasteiger charge is 2.19. The summed E-state index contributed by atoms with van der Waals surface area (Å²) in [4.78, 5) is 19.8. The lowest BCUT2D eigenvalue weighted by atomic mass is 10.0. The van der Waals surface area contributed by atoms with Crippen molar-refractivity contribution < 1.29 is 4.79 Å². The first-order valence-corrected chi connectivity index (χ1v) is 11.4. The van der Waals surface area contributed by atoms with Crippen LogP contribution in [0.25, 0.3) is 10.9 Å². The van der Waals surface area contributed by atoms with Gasteiger partial charge in [-0.05, 0) is 62.9 Å². The van der Waals surface area contributed by atoms with Gasteiger partial charge in [-0.3, -0.25) is 14.5 Å². The van der Waals surface area contributed by atoms with Crippen molar-refractivity contribution in [1.82, 2.24) is 25.3 Å². The number of aryl methyl sites for hydroxylation is 1. The average molecular weight is 420 g/mol. The second-order valence-corrected chi connectivity index (χ2v) is 8.48. The number of anilines is 2. The largest absolute Gasteiger partial charge is 0.370 e. The molecule has 1 amide bonds. The molecule has 1 unspecified atom stereocenters. The normalized spacial score (nSPS) is 19.1. The fraction of sp³-hybridized carbons (Fsp3) is 0.478. The van der Waals surface area contributed by atoms with Gasteiger partial charge >= 0.3 is 0 Å². The lowest BCUT2D eigenvalue weighted by molar-refractivity contribution is 0.102. The van der Waals surface area contributed by atoms with Crippen LogP contribution in [0.5, 0.6) is 0 Å². The molecule has 2 fully saturated rings. The summed E-state index contributed by atoms with van der Waals surface area (Å²) in [5.41, 5.74) is 3.13. The number of nitrogens with zero attached hydrogens (tertiary/aromatic N) is 5. The molecule has 31 heavy (non-hydrogen) atoms. The molecule has 1 atom stereocenters. The zero-order chi connectivity index (χ0) is 21.0. The Morgan fingerprint density at radius 1 is 1.16 bits per heavy atom. The lowest BCUT2D eigenvalue weighted by Gasteiger charge is -2.23. The molecule has 1 aromatic carbocycles. The molecule has 0 radical (unpaired) electrons. The van der Waals surface area contributed by atoms with Gasteiger partial charge in [0.05, 0.1) is 23.1 Å². The maximum absolute atomic E-state index is 12.8. The standard InChI is InChI=1S/C23H29N7O/c31-23(20-16-30(28-27-20)15-10-17-6-1-2-11-24-17)26-19-8-9-21(29-13-3-4-14-29)22-18(19)7-5-12-25-22/h5,7-9,12,16-17,24H,1-4,6,10-11,13-15H2,(H,26,31). The van der Waals surface area contributed by atoms with Crippen LogP contribution in [-0.4, -0.2) is 51.6 Å². The molecule has 2 aliphatic heterocycles. The van der Waals surface area contributed by atoms with E-state index in [9.17, 15) is 4.79 Å². The maximum atomic E-state index is 12.8. The van der Waals surface area contributed by atoms with E-state index in [1.807, 2.05) is 18.2 Å². The molecule has 3 aromatic rings. The van der Waals surface area contributed by atoms with Gasteiger partial charge in [-0.2, -0.15) is 0 Å².